The number of hydrogen-bond donors (Lipinski definition) is 1. The first kappa shape index (κ1) is 17.7. The average Bonchev–Trinajstić information content (AvgIpc) is 2.60. The van der Waals surface area contributed by atoms with E-state index in [9.17, 15) is 14.3 Å². The summed E-state index contributed by atoms with van der Waals surface area (Å²) in [6.07, 6.45) is 3.30. The van der Waals surface area contributed by atoms with Gasteiger partial charge in [-0.05, 0) is 63.5 Å². The number of halogens is 1. The molecule has 5 heteroatoms. The lowest BCUT2D eigenvalue weighted by molar-refractivity contribution is 0.183. The summed E-state index contributed by atoms with van der Waals surface area (Å²) in [6.45, 7) is 6.02. The number of aromatic nitrogens is 1. The van der Waals surface area contributed by atoms with E-state index in [2.05, 4.69) is 4.90 Å². The van der Waals surface area contributed by atoms with E-state index in [0.29, 0.717) is 12.1 Å². The molecule has 1 N–H and O–H groups in total. The maximum atomic E-state index is 13.4. The molecule has 1 saturated heterocycles. The molecule has 134 valence electrons. The van der Waals surface area contributed by atoms with Gasteiger partial charge in [0, 0.05) is 12.2 Å². The van der Waals surface area contributed by atoms with Crippen molar-refractivity contribution in [3.8, 4) is 5.75 Å². The van der Waals surface area contributed by atoms with Gasteiger partial charge in [-0.1, -0.05) is 18.6 Å². The molecule has 25 heavy (non-hydrogen) atoms. The fourth-order valence-corrected chi connectivity index (χ4v) is 3.80. The van der Waals surface area contributed by atoms with Gasteiger partial charge in [0.05, 0.1) is 11.6 Å². The highest BCUT2D eigenvalue weighted by atomic mass is 19.1. The van der Waals surface area contributed by atoms with E-state index in [4.69, 9.17) is 0 Å². The molecular formula is C20H25FN2O2. The summed E-state index contributed by atoms with van der Waals surface area (Å²) < 4.78 is 15.1. The molecule has 2 aromatic rings. The van der Waals surface area contributed by atoms with Gasteiger partial charge in [0.15, 0.2) is 0 Å². The number of piperidine rings is 1. The Balaban J connectivity index is 2.18. The smallest absolute Gasteiger partial charge is 0.259 e. The molecule has 1 fully saturated rings. The van der Waals surface area contributed by atoms with E-state index in [-0.39, 0.29) is 23.2 Å². The zero-order valence-corrected chi connectivity index (χ0v) is 14.8. The quantitative estimate of drug-likeness (QED) is 0.922. The van der Waals surface area contributed by atoms with Gasteiger partial charge in [-0.15, -0.1) is 0 Å². The van der Waals surface area contributed by atoms with Crippen molar-refractivity contribution in [1.82, 2.24) is 9.47 Å². The van der Waals surface area contributed by atoms with Crippen LogP contribution in [-0.2, 0) is 6.54 Å². The highest BCUT2D eigenvalue weighted by Crippen LogP contribution is 2.34. The Hall–Kier alpha value is -2.14. The topological polar surface area (TPSA) is 45.5 Å². The Morgan fingerprint density at radius 2 is 1.80 bits per heavy atom. The lowest BCUT2D eigenvalue weighted by Crippen LogP contribution is -2.38. The van der Waals surface area contributed by atoms with E-state index in [1.807, 2.05) is 13.8 Å². The Morgan fingerprint density at radius 1 is 1.16 bits per heavy atom. The molecule has 0 radical (unpaired) electrons. The monoisotopic (exact) mass is 344 g/mol. The molecule has 1 aliphatic rings. The number of pyridine rings is 1. The van der Waals surface area contributed by atoms with E-state index < -0.39 is 0 Å². The lowest BCUT2D eigenvalue weighted by atomic mass is 9.94. The number of benzene rings is 1. The van der Waals surface area contributed by atoms with Crippen LogP contribution >= 0.6 is 0 Å². The van der Waals surface area contributed by atoms with Gasteiger partial charge in [0.2, 0.25) is 0 Å². The molecule has 1 unspecified atom stereocenters. The molecule has 1 aromatic carbocycles. The molecule has 3 rings (SSSR count). The molecule has 1 aromatic heterocycles. The summed E-state index contributed by atoms with van der Waals surface area (Å²) in [6, 6.07) is 7.55. The number of likely N-dealkylation sites (tertiary alicyclic amines) is 1. The van der Waals surface area contributed by atoms with Crippen LogP contribution in [0.5, 0.6) is 5.75 Å². The molecule has 0 aliphatic carbocycles. The number of aryl methyl sites for hydroxylation is 1. The summed E-state index contributed by atoms with van der Waals surface area (Å²) >= 11 is 0. The normalized spacial score (nSPS) is 16.8. The summed E-state index contributed by atoms with van der Waals surface area (Å²) in [7, 11) is 0. The second-order valence-electron chi connectivity index (χ2n) is 6.68. The first-order valence-corrected chi connectivity index (χ1v) is 8.95. The second kappa shape index (κ2) is 7.40. The maximum Gasteiger partial charge on any atom is 0.259 e. The van der Waals surface area contributed by atoms with Gasteiger partial charge < -0.3 is 9.67 Å². The van der Waals surface area contributed by atoms with Gasteiger partial charge in [-0.2, -0.15) is 0 Å². The van der Waals surface area contributed by atoms with Crippen LogP contribution < -0.4 is 5.56 Å². The maximum absolute atomic E-state index is 13.4. The number of aromatic hydroxyl groups is 1. The van der Waals surface area contributed by atoms with Crippen LogP contribution in [0, 0.1) is 12.7 Å². The van der Waals surface area contributed by atoms with Crippen LogP contribution in [0.3, 0.4) is 0 Å². The molecule has 0 saturated carbocycles. The molecule has 1 atom stereocenters. The van der Waals surface area contributed by atoms with Crippen molar-refractivity contribution in [1.29, 1.82) is 0 Å². The van der Waals surface area contributed by atoms with Gasteiger partial charge in [0.25, 0.3) is 5.56 Å². The third kappa shape index (κ3) is 3.47. The van der Waals surface area contributed by atoms with Crippen LogP contribution in [0.25, 0.3) is 0 Å². The van der Waals surface area contributed by atoms with E-state index in [1.54, 1.807) is 22.8 Å². The van der Waals surface area contributed by atoms with Gasteiger partial charge in [-0.25, -0.2) is 4.39 Å². The highest BCUT2D eigenvalue weighted by Gasteiger charge is 2.29. The predicted molar refractivity (Wildman–Crippen MR) is 96.4 cm³/mol. The molecule has 4 nitrogen and oxygen atoms in total. The van der Waals surface area contributed by atoms with Crippen LogP contribution in [0.15, 0.2) is 35.1 Å². The van der Waals surface area contributed by atoms with Crippen molar-refractivity contribution >= 4 is 0 Å². The van der Waals surface area contributed by atoms with Crippen molar-refractivity contribution in [2.24, 2.45) is 0 Å². The Labute approximate surface area is 147 Å². The van der Waals surface area contributed by atoms with Crippen molar-refractivity contribution in [2.75, 3.05) is 13.1 Å². The largest absolute Gasteiger partial charge is 0.507 e. The van der Waals surface area contributed by atoms with Crippen LogP contribution in [-0.4, -0.2) is 27.7 Å². The fourth-order valence-electron chi connectivity index (χ4n) is 3.80. The molecule has 1 aliphatic heterocycles. The molecule has 2 heterocycles. The van der Waals surface area contributed by atoms with Crippen LogP contribution in [0.4, 0.5) is 4.39 Å². The minimum atomic E-state index is -0.355. The number of rotatable bonds is 4. The van der Waals surface area contributed by atoms with Gasteiger partial charge >= 0.3 is 0 Å². The first-order chi connectivity index (χ1) is 12.0. The lowest BCUT2D eigenvalue weighted by Gasteiger charge is -2.35. The third-order valence-electron chi connectivity index (χ3n) is 5.05. The van der Waals surface area contributed by atoms with Gasteiger partial charge in [-0.3, -0.25) is 9.69 Å². The molecule has 0 spiro atoms. The summed E-state index contributed by atoms with van der Waals surface area (Å²) in [5, 5.41) is 10.6. The van der Waals surface area contributed by atoms with Crippen LogP contribution in [0.2, 0.25) is 0 Å². The number of nitrogens with zero attached hydrogens (tertiary/aromatic N) is 2. The summed E-state index contributed by atoms with van der Waals surface area (Å²) in [4.78, 5) is 15.3. The third-order valence-corrected chi connectivity index (χ3v) is 5.05. The Kier molecular flexibility index (Phi) is 5.23. The summed E-state index contributed by atoms with van der Waals surface area (Å²) in [5.74, 6) is -0.285. The van der Waals surface area contributed by atoms with Crippen LogP contribution in [0.1, 0.15) is 49.0 Å². The Morgan fingerprint density at radius 3 is 2.40 bits per heavy atom. The van der Waals surface area contributed by atoms with E-state index in [1.165, 1.54) is 18.6 Å². The molecule has 0 bridgehead atoms. The van der Waals surface area contributed by atoms with Crippen molar-refractivity contribution in [3.05, 3.63) is 63.3 Å². The average molecular weight is 344 g/mol. The Bertz CT molecular complexity index is 793. The fraction of sp³-hybridized carbons (Fsp3) is 0.450. The molecule has 0 amide bonds. The predicted octanol–water partition coefficient (Wildman–Crippen LogP) is 3.60. The van der Waals surface area contributed by atoms with Crippen molar-refractivity contribution in [2.45, 2.75) is 45.7 Å². The summed E-state index contributed by atoms with van der Waals surface area (Å²) in [5.41, 5.74) is 1.80. The minimum absolute atomic E-state index is 0.0205. The van der Waals surface area contributed by atoms with E-state index >= 15 is 0 Å². The zero-order valence-electron chi connectivity index (χ0n) is 14.8. The van der Waals surface area contributed by atoms with Crippen molar-refractivity contribution < 1.29 is 9.50 Å². The van der Waals surface area contributed by atoms with E-state index in [0.717, 1.165) is 37.2 Å². The van der Waals surface area contributed by atoms with Gasteiger partial charge in [0.1, 0.15) is 11.6 Å². The molecular weight excluding hydrogens is 319 g/mol. The zero-order chi connectivity index (χ0) is 18.0. The second-order valence-corrected chi connectivity index (χ2v) is 6.68. The first-order valence-electron chi connectivity index (χ1n) is 8.95. The highest BCUT2D eigenvalue weighted by molar-refractivity contribution is 5.41. The minimum Gasteiger partial charge on any atom is -0.507 e. The number of hydrogen-bond acceptors (Lipinski definition) is 3. The van der Waals surface area contributed by atoms with Crippen molar-refractivity contribution in [3.63, 3.8) is 0 Å². The SMILES string of the molecule is CCn1c(C)cc(O)c(C(c2ccc(F)cc2)N2CCCCC2)c1=O. The standard InChI is InChI=1S/C20H25FN2O2/c1-3-23-14(2)13-17(24)18(20(23)25)19(22-11-5-4-6-12-22)15-7-9-16(21)10-8-15/h7-10,13,19,24H,3-6,11-12H2,1-2H3.